The Hall–Kier alpha value is -3.23. The van der Waals surface area contributed by atoms with Crippen LogP contribution in [0.2, 0.25) is 0 Å². The zero-order valence-electron chi connectivity index (χ0n) is 21.9. The van der Waals surface area contributed by atoms with Crippen molar-refractivity contribution in [3.8, 4) is 11.3 Å². The van der Waals surface area contributed by atoms with Gasteiger partial charge in [-0.3, -0.25) is 0 Å². The van der Waals surface area contributed by atoms with E-state index in [1.807, 2.05) is 75.5 Å². The van der Waals surface area contributed by atoms with Crippen LogP contribution in [-0.2, 0) is 6.54 Å². The highest BCUT2D eigenvalue weighted by molar-refractivity contribution is 5.75. The molecule has 4 rings (SSSR count). The standard InChI is InChI=1S/C29H38FN5O2/c1-29(2,3)26(35(18-23(30)16-31)28(37)33-15-14-24(36)19-33)27-32-25(22-12-8-5-9-13-22)20-34(27)17-21-10-6-4-7-11-21/h4-13,20,23-24,26,36H,14-19,31H2,1-3H3/t23-,24-,26+/m1/s1. The molecular weight excluding hydrogens is 469 g/mol. The SMILES string of the molecule is CC(C)(C)[C@H](c1nc(-c2ccccc2)cn1Cc1ccccc1)N(C[C@H](F)CN)C(=O)N1CC[C@@H](O)C1. The van der Waals surface area contributed by atoms with Crippen LogP contribution in [0.1, 0.15) is 44.6 Å². The third-order valence-electron chi connectivity index (χ3n) is 6.78. The van der Waals surface area contributed by atoms with Crippen LogP contribution in [0.4, 0.5) is 9.18 Å². The van der Waals surface area contributed by atoms with E-state index in [0.29, 0.717) is 25.3 Å². The Bertz CT molecular complexity index is 1160. The molecule has 0 unspecified atom stereocenters. The summed E-state index contributed by atoms with van der Waals surface area (Å²) in [6, 6.07) is 19.1. The Morgan fingerprint density at radius 3 is 2.38 bits per heavy atom. The first-order valence-electron chi connectivity index (χ1n) is 12.9. The smallest absolute Gasteiger partial charge is 0.320 e. The Labute approximate surface area is 218 Å². The summed E-state index contributed by atoms with van der Waals surface area (Å²) < 4.78 is 16.9. The first-order chi connectivity index (χ1) is 17.7. The van der Waals surface area contributed by atoms with Crippen molar-refractivity contribution >= 4 is 6.03 Å². The number of benzene rings is 2. The van der Waals surface area contributed by atoms with Crippen molar-refractivity contribution < 1.29 is 14.3 Å². The summed E-state index contributed by atoms with van der Waals surface area (Å²) in [4.78, 5) is 22.1. The molecule has 3 N–H and O–H groups in total. The Balaban J connectivity index is 1.83. The second kappa shape index (κ2) is 11.4. The van der Waals surface area contributed by atoms with Crippen molar-refractivity contribution in [1.82, 2.24) is 19.4 Å². The number of rotatable bonds is 8. The van der Waals surface area contributed by atoms with Crippen LogP contribution >= 0.6 is 0 Å². The molecule has 1 fully saturated rings. The maximum Gasteiger partial charge on any atom is 0.320 e. The van der Waals surface area contributed by atoms with E-state index in [1.165, 1.54) is 0 Å². The average Bonchev–Trinajstić information content (AvgIpc) is 3.50. The second-order valence-electron chi connectivity index (χ2n) is 10.9. The number of imidazole rings is 1. The fraction of sp³-hybridized carbons (Fsp3) is 0.448. The van der Waals surface area contributed by atoms with Crippen LogP contribution in [-0.4, -0.2) is 68.9 Å². The van der Waals surface area contributed by atoms with Gasteiger partial charge in [0.2, 0.25) is 0 Å². The minimum absolute atomic E-state index is 0.150. The number of hydrogen-bond donors (Lipinski definition) is 2. The minimum atomic E-state index is -1.38. The number of aliphatic hydroxyl groups is 1. The maximum absolute atomic E-state index is 14.9. The Kier molecular flexibility index (Phi) is 8.29. The molecule has 1 aliphatic heterocycles. The summed E-state index contributed by atoms with van der Waals surface area (Å²) in [6.07, 6.45) is 0.567. The number of nitrogens with zero attached hydrogens (tertiary/aromatic N) is 4. The summed E-state index contributed by atoms with van der Waals surface area (Å²) >= 11 is 0. The third kappa shape index (κ3) is 6.37. The normalized spacial score (nSPS) is 17.6. The number of carbonyl (C=O) groups is 1. The summed E-state index contributed by atoms with van der Waals surface area (Å²) in [5, 5.41) is 10.1. The highest BCUT2D eigenvalue weighted by Gasteiger charge is 2.41. The summed E-state index contributed by atoms with van der Waals surface area (Å²) in [6.45, 7) is 7.01. The number of hydrogen-bond acceptors (Lipinski definition) is 4. The van der Waals surface area contributed by atoms with Crippen LogP contribution in [0.3, 0.4) is 0 Å². The van der Waals surface area contributed by atoms with E-state index in [-0.39, 0.29) is 25.7 Å². The number of carbonyl (C=O) groups excluding carboxylic acids is 1. The molecule has 0 saturated carbocycles. The predicted molar refractivity (Wildman–Crippen MR) is 144 cm³/mol. The van der Waals surface area contributed by atoms with E-state index in [1.54, 1.807) is 9.80 Å². The molecule has 2 amide bonds. The summed E-state index contributed by atoms with van der Waals surface area (Å²) in [5.74, 6) is 0.688. The number of likely N-dealkylation sites (tertiary alicyclic amines) is 1. The van der Waals surface area contributed by atoms with Gasteiger partial charge in [0, 0.05) is 37.9 Å². The van der Waals surface area contributed by atoms with Crippen molar-refractivity contribution in [2.24, 2.45) is 11.1 Å². The van der Waals surface area contributed by atoms with Gasteiger partial charge in [0.1, 0.15) is 12.0 Å². The molecule has 3 aromatic rings. The molecule has 2 aromatic carbocycles. The summed E-state index contributed by atoms with van der Waals surface area (Å²) in [5.41, 5.74) is 8.05. The lowest BCUT2D eigenvalue weighted by molar-refractivity contribution is 0.0688. The van der Waals surface area contributed by atoms with Crippen molar-refractivity contribution in [2.75, 3.05) is 26.2 Å². The van der Waals surface area contributed by atoms with Crippen molar-refractivity contribution in [3.05, 3.63) is 78.2 Å². The molecule has 1 aliphatic rings. The molecule has 37 heavy (non-hydrogen) atoms. The molecular formula is C29H38FN5O2. The van der Waals surface area contributed by atoms with E-state index in [0.717, 1.165) is 16.8 Å². The zero-order chi connectivity index (χ0) is 26.6. The number of aliphatic hydroxyl groups excluding tert-OH is 1. The third-order valence-corrected chi connectivity index (χ3v) is 6.78. The topological polar surface area (TPSA) is 87.6 Å². The largest absolute Gasteiger partial charge is 0.391 e. The van der Waals surface area contributed by atoms with Gasteiger partial charge in [-0.1, -0.05) is 81.4 Å². The van der Waals surface area contributed by atoms with Gasteiger partial charge in [0.05, 0.1) is 24.4 Å². The van der Waals surface area contributed by atoms with Crippen molar-refractivity contribution in [2.45, 2.75) is 52.1 Å². The van der Waals surface area contributed by atoms with Crippen LogP contribution in [0.5, 0.6) is 0 Å². The molecule has 0 bridgehead atoms. The second-order valence-corrected chi connectivity index (χ2v) is 10.9. The number of aromatic nitrogens is 2. The Morgan fingerprint density at radius 1 is 1.16 bits per heavy atom. The summed E-state index contributed by atoms with van der Waals surface area (Å²) in [7, 11) is 0. The number of amides is 2. The molecule has 0 spiro atoms. The van der Waals surface area contributed by atoms with E-state index in [4.69, 9.17) is 10.7 Å². The molecule has 0 aliphatic carbocycles. The number of urea groups is 1. The highest BCUT2D eigenvalue weighted by atomic mass is 19.1. The lowest BCUT2D eigenvalue weighted by Crippen LogP contribution is -2.51. The van der Waals surface area contributed by atoms with Crippen LogP contribution in [0, 0.1) is 5.41 Å². The van der Waals surface area contributed by atoms with Crippen LogP contribution < -0.4 is 5.73 Å². The van der Waals surface area contributed by atoms with Crippen molar-refractivity contribution in [3.63, 3.8) is 0 Å². The fourth-order valence-electron chi connectivity index (χ4n) is 4.98. The fourth-order valence-corrected chi connectivity index (χ4v) is 4.98. The zero-order valence-corrected chi connectivity index (χ0v) is 21.9. The lowest BCUT2D eigenvalue weighted by atomic mass is 9.84. The predicted octanol–water partition coefficient (Wildman–Crippen LogP) is 4.47. The van der Waals surface area contributed by atoms with Gasteiger partial charge in [-0.15, -0.1) is 0 Å². The van der Waals surface area contributed by atoms with Crippen LogP contribution in [0.15, 0.2) is 66.9 Å². The molecule has 3 atom stereocenters. The number of nitrogens with two attached hydrogens (primary N) is 1. The minimum Gasteiger partial charge on any atom is -0.391 e. The van der Waals surface area contributed by atoms with Gasteiger partial charge in [-0.2, -0.15) is 0 Å². The van der Waals surface area contributed by atoms with Gasteiger partial charge in [0.15, 0.2) is 0 Å². The number of β-amino-alcohol motifs (C(OH)–C–C–N with tert-alkyl or cyclic N) is 1. The number of halogens is 1. The van der Waals surface area contributed by atoms with Gasteiger partial charge in [0.25, 0.3) is 0 Å². The molecule has 0 radical (unpaired) electrons. The first-order valence-corrected chi connectivity index (χ1v) is 12.9. The van der Waals surface area contributed by atoms with Crippen molar-refractivity contribution in [1.29, 1.82) is 0 Å². The van der Waals surface area contributed by atoms with Gasteiger partial charge < -0.3 is 25.2 Å². The molecule has 198 valence electrons. The van der Waals surface area contributed by atoms with Gasteiger partial charge in [-0.25, -0.2) is 14.2 Å². The first kappa shape index (κ1) is 26.8. The van der Waals surface area contributed by atoms with Crippen LogP contribution in [0.25, 0.3) is 11.3 Å². The maximum atomic E-state index is 14.9. The van der Waals surface area contributed by atoms with E-state index in [9.17, 15) is 14.3 Å². The monoisotopic (exact) mass is 507 g/mol. The molecule has 2 heterocycles. The average molecular weight is 508 g/mol. The van der Waals surface area contributed by atoms with E-state index < -0.39 is 23.7 Å². The van der Waals surface area contributed by atoms with E-state index in [2.05, 4.69) is 16.7 Å². The lowest BCUT2D eigenvalue weighted by Gasteiger charge is -2.42. The highest BCUT2D eigenvalue weighted by Crippen LogP contribution is 2.40. The van der Waals surface area contributed by atoms with Gasteiger partial charge >= 0.3 is 6.03 Å². The molecule has 1 saturated heterocycles. The quantitative estimate of drug-likeness (QED) is 0.471. The Morgan fingerprint density at radius 2 is 1.81 bits per heavy atom. The molecule has 1 aromatic heterocycles. The number of alkyl halides is 1. The molecule has 7 nitrogen and oxygen atoms in total. The van der Waals surface area contributed by atoms with Gasteiger partial charge in [-0.05, 0) is 17.4 Å². The molecule has 8 heteroatoms. The van der Waals surface area contributed by atoms with E-state index >= 15 is 0 Å².